The molecular formula is C13H15NO2S. The summed E-state index contributed by atoms with van der Waals surface area (Å²) in [4.78, 5) is 23.0. The fourth-order valence-corrected chi connectivity index (χ4v) is 2.09. The average Bonchev–Trinajstić information content (AvgIpc) is 2.36. The summed E-state index contributed by atoms with van der Waals surface area (Å²) in [6, 6.07) is 7.16. The van der Waals surface area contributed by atoms with Crippen LogP contribution in [0.15, 0.2) is 41.8 Å². The van der Waals surface area contributed by atoms with Gasteiger partial charge in [0.05, 0.1) is 5.25 Å². The second-order valence-corrected chi connectivity index (χ2v) is 4.90. The molecule has 0 aliphatic heterocycles. The Morgan fingerprint density at radius 1 is 1.47 bits per heavy atom. The van der Waals surface area contributed by atoms with E-state index in [-0.39, 0.29) is 11.2 Å². The number of amides is 1. The van der Waals surface area contributed by atoms with Gasteiger partial charge in [0, 0.05) is 17.0 Å². The minimum Gasteiger partial charge on any atom is -0.352 e. The van der Waals surface area contributed by atoms with Gasteiger partial charge in [-0.1, -0.05) is 18.2 Å². The first-order chi connectivity index (χ1) is 8.17. The van der Waals surface area contributed by atoms with Crippen molar-refractivity contribution >= 4 is 24.0 Å². The predicted octanol–water partition coefficient (Wildman–Crippen LogP) is 2.28. The van der Waals surface area contributed by atoms with E-state index < -0.39 is 0 Å². The van der Waals surface area contributed by atoms with E-state index in [1.165, 1.54) is 11.8 Å². The van der Waals surface area contributed by atoms with Gasteiger partial charge < -0.3 is 5.32 Å². The number of carbonyl (C=O) groups excluding carboxylic acids is 2. The van der Waals surface area contributed by atoms with Crippen molar-refractivity contribution < 1.29 is 9.59 Å². The Bertz CT molecular complexity index is 400. The van der Waals surface area contributed by atoms with Crippen LogP contribution >= 0.6 is 11.8 Å². The number of hydrogen-bond donors (Lipinski definition) is 1. The van der Waals surface area contributed by atoms with Crippen molar-refractivity contribution in [2.75, 3.05) is 6.54 Å². The van der Waals surface area contributed by atoms with Crippen molar-refractivity contribution in [2.24, 2.45) is 0 Å². The fraction of sp³-hybridized carbons (Fsp3) is 0.231. The Morgan fingerprint density at radius 2 is 2.12 bits per heavy atom. The molecule has 0 radical (unpaired) electrons. The fourth-order valence-electron chi connectivity index (χ4n) is 1.20. The Hall–Kier alpha value is -1.55. The Balaban J connectivity index is 2.54. The SMILES string of the molecule is C=CCNC(=O)C(C)Sc1ccc(C=O)cc1. The molecule has 0 aromatic heterocycles. The summed E-state index contributed by atoms with van der Waals surface area (Å²) in [5.41, 5.74) is 0.637. The summed E-state index contributed by atoms with van der Waals surface area (Å²) in [6.07, 6.45) is 2.45. The first-order valence-corrected chi connectivity index (χ1v) is 6.16. The van der Waals surface area contributed by atoms with E-state index in [0.717, 1.165) is 11.2 Å². The molecule has 1 atom stereocenters. The lowest BCUT2D eigenvalue weighted by atomic mass is 10.2. The molecule has 0 bridgehead atoms. The summed E-state index contributed by atoms with van der Waals surface area (Å²) in [6.45, 7) is 5.86. The summed E-state index contributed by atoms with van der Waals surface area (Å²) in [7, 11) is 0. The van der Waals surface area contributed by atoms with Crippen LogP contribution in [0, 0.1) is 0 Å². The van der Waals surface area contributed by atoms with E-state index in [4.69, 9.17) is 0 Å². The number of aldehydes is 1. The Kier molecular flexibility index (Phi) is 5.49. The monoisotopic (exact) mass is 249 g/mol. The zero-order chi connectivity index (χ0) is 12.7. The molecule has 3 nitrogen and oxygen atoms in total. The number of carbonyl (C=O) groups is 2. The van der Waals surface area contributed by atoms with E-state index in [2.05, 4.69) is 11.9 Å². The van der Waals surface area contributed by atoms with Crippen LogP contribution < -0.4 is 5.32 Å². The highest BCUT2D eigenvalue weighted by molar-refractivity contribution is 8.00. The van der Waals surface area contributed by atoms with Gasteiger partial charge >= 0.3 is 0 Å². The van der Waals surface area contributed by atoms with Crippen molar-refractivity contribution in [3.05, 3.63) is 42.5 Å². The lowest BCUT2D eigenvalue weighted by molar-refractivity contribution is -0.120. The molecule has 1 rings (SSSR count). The van der Waals surface area contributed by atoms with E-state index >= 15 is 0 Å². The first kappa shape index (κ1) is 13.5. The summed E-state index contributed by atoms with van der Waals surface area (Å²) >= 11 is 1.46. The van der Waals surface area contributed by atoms with Crippen LogP contribution in [0.5, 0.6) is 0 Å². The first-order valence-electron chi connectivity index (χ1n) is 5.28. The minimum absolute atomic E-state index is 0.0191. The molecule has 0 fully saturated rings. The van der Waals surface area contributed by atoms with Crippen molar-refractivity contribution in [3.8, 4) is 0 Å². The van der Waals surface area contributed by atoms with Crippen molar-refractivity contribution in [3.63, 3.8) is 0 Å². The third-order valence-corrected chi connectivity index (χ3v) is 3.23. The molecule has 0 aliphatic rings. The zero-order valence-electron chi connectivity index (χ0n) is 9.68. The highest BCUT2D eigenvalue weighted by Gasteiger charge is 2.12. The van der Waals surface area contributed by atoms with Gasteiger partial charge in [-0.05, 0) is 19.1 Å². The highest BCUT2D eigenvalue weighted by atomic mass is 32.2. The Labute approximate surface area is 105 Å². The lowest BCUT2D eigenvalue weighted by Crippen LogP contribution is -2.30. The maximum Gasteiger partial charge on any atom is 0.233 e. The zero-order valence-corrected chi connectivity index (χ0v) is 10.5. The van der Waals surface area contributed by atoms with Gasteiger partial charge in [-0.2, -0.15) is 0 Å². The van der Waals surface area contributed by atoms with E-state index in [1.807, 2.05) is 19.1 Å². The molecule has 1 amide bonds. The number of nitrogens with one attached hydrogen (secondary N) is 1. The topological polar surface area (TPSA) is 46.2 Å². The molecule has 1 aromatic carbocycles. The van der Waals surface area contributed by atoms with Gasteiger partial charge in [0.15, 0.2) is 0 Å². The van der Waals surface area contributed by atoms with Crippen LogP contribution in [0.25, 0.3) is 0 Å². The van der Waals surface area contributed by atoms with Crippen LogP contribution in [-0.4, -0.2) is 24.0 Å². The molecule has 1 aromatic rings. The van der Waals surface area contributed by atoms with Crippen LogP contribution in [0.1, 0.15) is 17.3 Å². The Morgan fingerprint density at radius 3 is 2.65 bits per heavy atom. The van der Waals surface area contributed by atoms with Gasteiger partial charge in [-0.25, -0.2) is 0 Å². The average molecular weight is 249 g/mol. The third kappa shape index (κ3) is 4.44. The lowest BCUT2D eigenvalue weighted by Gasteiger charge is -2.10. The molecule has 1 N–H and O–H groups in total. The number of benzene rings is 1. The van der Waals surface area contributed by atoms with Gasteiger partial charge in [0.1, 0.15) is 6.29 Å². The van der Waals surface area contributed by atoms with Crippen LogP contribution in [0.2, 0.25) is 0 Å². The van der Waals surface area contributed by atoms with Gasteiger partial charge in [-0.15, -0.1) is 18.3 Å². The minimum atomic E-state index is -0.169. The largest absolute Gasteiger partial charge is 0.352 e. The maximum absolute atomic E-state index is 11.6. The molecule has 17 heavy (non-hydrogen) atoms. The summed E-state index contributed by atoms with van der Waals surface area (Å²) in [5.74, 6) is -0.0191. The molecule has 0 saturated carbocycles. The van der Waals surface area contributed by atoms with E-state index in [0.29, 0.717) is 12.1 Å². The molecule has 0 aliphatic carbocycles. The van der Waals surface area contributed by atoms with Gasteiger partial charge in [0.25, 0.3) is 0 Å². The van der Waals surface area contributed by atoms with Crippen molar-refractivity contribution in [1.82, 2.24) is 5.32 Å². The molecular weight excluding hydrogens is 234 g/mol. The number of thioether (sulfide) groups is 1. The van der Waals surface area contributed by atoms with E-state index in [9.17, 15) is 9.59 Å². The number of hydrogen-bond acceptors (Lipinski definition) is 3. The summed E-state index contributed by atoms with van der Waals surface area (Å²) in [5, 5.41) is 2.57. The third-order valence-electron chi connectivity index (χ3n) is 2.12. The maximum atomic E-state index is 11.6. The second kappa shape index (κ2) is 6.91. The second-order valence-electron chi connectivity index (χ2n) is 3.48. The molecule has 90 valence electrons. The van der Waals surface area contributed by atoms with Crippen LogP contribution in [-0.2, 0) is 4.79 Å². The van der Waals surface area contributed by atoms with Gasteiger partial charge in [0.2, 0.25) is 5.91 Å². The van der Waals surface area contributed by atoms with Crippen molar-refractivity contribution in [1.29, 1.82) is 0 Å². The predicted molar refractivity (Wildman–Crippen MR) is 70.4 cm³/mol. The molecule has 4 heteroatoms. The standard InChI is InChI=1S/C13H15NO2S/c1-3-8-14-13(16)10(2)17-12-6-4-11(9-15)5-7-12/h3-7,9-10H,1,8H2,2H3,(H,14,16). The molecule has 1 unspecified atom stereocenters. The molecule has 0 spiro atoms. The van der Waals surface area contributed by atoms with Gasteiger partial charge in [-0.3, -0.25) is 9.59 Å². The van der Waals surface area contributed by atoms with Crippen LogP contribution in [0.4, 0.5) is 0 Å². The summed E-state index contributed by atoms with van der Waals surface area (Å²) < 4.78 is 0. The quantitative estimate of drug-likeness (QED) is 0.478. The number of rotatable bonds is 6. The van der Waals surface area contributed by atoms with Crippen LogP contribution in [0.3, 0.4) is 0 Å². The molecule has 0 saturated heterocycles. The highest BCUT2D eigenvalue weighted by Crippen LogP contribution is 2.23. The smallest absolute Gasteiger partial charge is 0.233 e. The normalized spacial score (nSPS) is 11.6. The van der Waals surface area contributed by atoms with E-state index in [1.54, 1.807) is 18.2 Å². The van der Waals surface area contributed by atoms with Crippen molar-refractivity contribution in [2.45, 2.75) is 17.1 Å². The molecule has 0 heterocycles.